The Labute approximate surface area is 168 Å². The Morgan fingerprint density at radius 3 is 2.68 bits per heavy atom. The summed E-state index contributed by atoms with van der Waals surface area (Å²) in [7, 11) is 0. The van der Waals surface area contributed by atoms with E-state index in [1.807, 2.05) is 30.3 Å². The normalized spacial score (nSPS) is 18.4. The second-order valence-corrected chi connectivity index (χ2v) is 8.80. The van der Waals surface area contributed by atoms with Gasteiger partial charge in [0.15, 0.2) is 11.1 Å². The van der Waals surface area contributed by atoms with E-state index in [0.717, 1.165) is 35.3 Å². The van der Waals surface area contributed by atoms with E-state index in [1.54, 1.807) is 13.1 Å². The molecule has 0 saturated heterocycles. The zero-order valence-electron chi connectivity index (χ0n) is 16.4. The van der Waals surface area contributed by atoms with Gasteiger partial charge in [0, 0.05) is 12.7 Å². The van der Waals surface area contributed by atoms with Crippen molar-refractivity contribution in [2.75, 3.05) is 6.54 Å². The van der Waals surface area contributed by atoms with Crippen molar-refractivity contribution in [1.29, 1.82) is 0 Å². The number of pyridine rings is 1. The van der Waals surface area contributed by atoms with E-state index >= 15 is 0 Å². The number of fused-ring (bicyclic) bond motifs is 1. The van der Waals surface area contributed by atoms with Gasteiger partial charge in [-0.3, -0.25) is 9.78 Å². The van der Waals surface area contributed by atoms with Crippen molar-refractivity contribution in [2.45, 2.75) is 45.0 Å². The van der Waals surface area contributed by atoms with E-state index in [0.29, 0.717) is 18.0 Å². The second-order valence-electron chi connectivity index (χ2n) is 7.54. The Morgan fingerprint density at radius 2 is 2.04 bits per heavy atom. The number of nitrogens with one attached hydrogen (secondary N) is 2. The van der Waals surface area contributed by atoms with Crippen molar-refractivity contribution in [3.05, 3.63) is 64.5 Å². The van der Waals surface area contributed by atoms with Crippen LogP contribution in [0.2, 0.25) is 0 Å². The van der Waals surface area contributed by atoms with Crippen molar-refractivity contribution in [1.82, 2.24) is 15.6 Å². The molecule has 6 nitrogen and oxygen atoms in total. The average molecular weight is 402 g/mol. The van der Waals surface area contributed by atoms with E-state index in [9.17, 15) is 13.6 Å². The van der Waals surface area contributed by atoms with Crippen molar-refractivity contribution < 1.29 is 13.6 Å². The average Bonchev–Trinajstić information content (AvgIpc) is 2.70. The number of benzene rings is 1. The first-order valence-electron chi connectivity index (χ1n) is 9.55. The third-order valence-electron chi connectivity index (χ3n) is 5.19. The third-order valence-corrected chi connectivity index (χ3v) is 6.07. The molecule has 0 radical (unpaired) electrons. The highest BCUT2D eigenvalue weighted by Gasteiger charge is 2.24. The summed E-state index contributed by atoms with van der Waals surface area (Å²) in [5.74, 6) is 0.295. The standard InChI is InChI=1S/C21H27N3O3S/c1-13(2)19-20-17(8-9-22-19)10-18(12-23-20)21(25)24-11-15-4-6-16(7-5-15)14(3)28(26)27/h4-7,10,12-14,19,22H,8-9,11H2,1-3H3,(H,24,25)(H,26,27)/t14?,19-/m1/s1. The minimum Gasteiger partial charge on any atom is -0.348 e. The molecule has 3 atom stereocenters. The molecule has 0 fully saturated rings. The number of carbonyl (C=O) groups is 1. The summed E-state index contributed by atoms with van der Waals surface area (Å²) < 4.78 is 20.3. The van der Waals surface area contributed by atoms with Crippen LogP contribution in [0, 0.1) is 5.92 Å². The lowest BCUT2D eigenvalue weighted by Gasteiger charge is -2.29. The van der Waals surface area contributed by atoms with Crippen LogP contribution in [-0.2, 0) is 24.0 Å². The van der Waals surface area contributed by atoms with Crippen LogP contribution in [0.5, 0.6) is 0 Å². The predicted octanol–water partition coefficient (Wildman–Crippen LogP) is 3.14. The molecule has 0 bridgehead atoms. The molecule has 28 heavy (non-hydrogen) atoms. The molecule has 0 saturated carbocycles. The highest BCUT2D eigenvalue weighted by Crippen LogP contribution is 2.27. The van der Waals surface area contributed by atoms with Crippen molar-refractivity contribution in [3.8, 4) is 0 Å². The molecule has 0 spiro atoms. The minimum atomic E-state index is -1.89. The number of hydrogen-bond donors (Lipinski definition) is 3. The van der Waals surface area contributed by atoms with Gasteiger partial charge in [0.2, 0.25) is 0 Å². The number of aromatic nitrogens is 1. The highest BCUT2D eigenvalue weighted by atomic mass is 32.2. The van der Waals surface area contributed by atoms with Crippen LogP contribution in [0.3, 0.4) is 0 Å². The maximum absolute atomic E-state index is 12.5. The van der Waals surface area contributed by atoms with Crippen molar-refractivity contribution >= 4 is 17.0 Å². The summed E-state index contributed by atoms with van der Waals surface area (Å²) in [5, 5.41) is 5.98. The van der Waals surface area contributed by atoms with Gasteiger partial charge in [-0.15, -0.1) is 0 Å². The van der Waals surface area contributed by atoms with E-state index < -0.39 is 16.3 Å². The Morgan fingerprint density at radius 1 is 1.32 bits per heavy atom. The van der Waals surface area contributed by atoms with E-state index in [-0.39, 0.29) is 11.9 Å². The monoisotopic (exact) mass is 401 g/mol. The van der Waals surface area contributed by atoms with Crippen LogP contribution in [-0.4, -0.2) is 26.2 Å². The van der Waals surface area contributed by atoms with Crippen LogP contribution in [0.25, 0.3) is 0 Å². The molecule has 1 aliphatic heterocycles. The molecule has 2 aromatic rings. The maximum atomic E-state index is 12.5. The smallest absolute Gasteiger partial charge is 0.253 e. The molecule has 150 valence electrons. The molecule has 1 amide bonds. The Kier molecular flexibility index (Phi) is 6.59. The molecule has 1 aromatic carbocycles. The highest BCUT2D eigenvalue weighted by molar-refractivity contribution is 7.79. The van der Waals surface area contributed by atoms with Gasteiger partial charge in [-0.1, -0.05) is 38.1 Å². The molecule has 2 heterocycles. The van der Waals surface area contributed by atoms with E-state index in [4.69, 9.17) is 0 Å². The van der Waals surface area contributed by atoms with Crippen LogP contribution >= 0.6 is 0 Å². The van der Waals surface area contributed by atoms with Gasteiger partial charge in [0.1, 0.15) is 0 Å². The topological polar surface area (TPSA) is 91.3 Å². The summed E-state index contributed by atoms with van der Waals surface area (Å²) >= 11 is -1.89. The van der Waals surface area contributed by atoms with Gasteiger partial charge >= 0.3 is 0 Å². The SMILES string of the molecule is CC(C)[C@H]1NCCc2cc(C(=O)NCc3ccc(C(C)S(=O)O)cc3)cnc21. The van der Waals surface area contributed by atoms with Crippen molar-refractivity contribution in [3.63, 3.8) is 0 Å². The first-order chi connectivity index (χ1) is 13.4. The lowest BCUT2D eigenvalue weighted by Crippen LogP contribution is -2.34. The maximum Gasteiger partial charge on any atom is 0.253 e. The fraction of sp³-hybridized carbons (Fsp3) is 0.429. The molecule has 3 rings (SSSR count). The lowest BCUT2D eigenvalue weighted by atomic mass is 9.91. The molecule has 7 heteroatoms. The Hall–Kier alpha value is -2.09. The van der Waals surface area contributed by atoms with E-state index in [1.165, 1.54) is 0 Å². The number of carbonyl (C=O) groups excluding carboxylic acids is 1. The van der Waals surface area contributed by atoms with Gasteiger partial charge < -0.3 is 15.2 Å². The van der Waals surface area contributed by atoms with E-state index in [2.05, 4.69) is 29.5 Å². The first kappa shape index (κ1) is 20.6. The minimum absolute atomic E-state index is 0.149. The Bertz CT molecular complexity index is 868. The fourth-order valence-corrected chi connectivity index (χ4v) is 3.83. The van der Waals surface area contributed by atoms with Crippen LogP contribution in [0.4, 0.5) is 0 Å². The number of rotatable bonds is 6. The molecule has 0 aliphatic carbocycles. The zero-order chi connectivity index (χ0) is 20.3. The molecule has 2 unspecified atom stereocenters. The number of nitrogens with zero attached hydrogens (tertiary/aromatic N) is 1. The van der Waals surface area contributed by atoms with Crippen LogP contribution in [0.1, 0.15) is 64.8 Å². The van der Waals surface area contributed by atoms with Gasteiger partial charge in [-0.05, 0) is 48.6 Å². The molecule has 1 aliphatic rings. The molecular formula is C21H27N3O3S. The van der Waals surface area contributed by atoms with Gasteiger partial charge in [0.05, 0.1) is 22.5 Å². The Balaban J connectivity index is 1.65. The lowest BCUT2D eigenvalue weighted by molar-refractivity contribution is 0.0950. The van der Waals surface area contributed by atoms with Gasteiger partial charge in [-0.2, -0.15) is 0 Å². The van der Waals surface area contributed by atoms with Gasteiger partial charge in [-0.25, -0.2) is 4.21 Å². The number of hydrogen-bond acceptors (Lipinski definition) is 4. The molecular weight excluding hydrogens is 374 g/mol. The molecule has 1 aromatic heterocycles. The first-order valence-corrected chi connectivity index (χ1v) is 10.7. The largest absolute Gasteiger partial charge is 0.348 e. The summed E-state index contributed by atoms with van der Waals surface area (Å²) in [5.41, 5.74) is 4.49. The summed E-state index contributed by atoms with van der Waals surface area (Å²) in [4.78, 5) is 17.1. The zero-order valence-corrected chi connectivity index (χ0v) is 17.3. The number of amides is 1. The second kappa shape index (κ2) is 8.94. The van der Waals surface area contributed by atoms with Crippen LogP contribution < -0.4 is 10.6 Å². The summed E-state index contributed by atoms with van der Waals surface area (Å²) in [6.07, 6.45) is 2.52. The molecule has 3 N–H and O–H groups in total. The summed E-state index contributed by atoms with van der Waals surface area (Å²) in [6, 6.07) is 9.55. The summed E-state index contributed by atoms with van der Waals surface area (Å²) in [6.45, 7) is 7.32. The van der Waals surface area contributed by atoms with Crippen LogP contribution in [0.15, 0.2) is 36.5 Å². The predicted molar refractivity (Wildman–Crippen MR) is 110 cm³/mol. The quantitative estimate of drug-likeness (QED) is 0.647. The third kappa shape index (κ3) is 4.66. The fourth-order valence-electron chi connectivity index (χ4n) is 3.44. The van der Waals surface area contributed by atoms with Gasteiger partial charge in [0.25, 0.3) is 5.91 Å². The van der Waals surface area contributed by atoms with Crippen molar-refractivity contribution in [2.24, 2.45) is 5.92 Å².